The molecule has 0 atom stereocenters. The zero-order chi connectivity index (χ0) is 34.6. The second-order valence-corrected chi connectivity index (χ2v) is 15.8. The summed E-state index contributed by atoms with van der Waals surface area (Å²) in [5, 5.41) is 10.5. The molecule has 9 aromatic carbocycles. The summed E-state index contributed by atoms with van der Waals surface area (Å²) in [6.45, 7) is 4.75. The van der Waals surface area contributed by atoms with E-state index in [2.05, 4.69) is 184 Å². The topological polar surface area (TPSA) is 0 Å². The molecule has 11 rings (SSSR count). The lowest BCUT2D eigenvalue weighted by Crippen LogP contribution is -2.15. The van der Waals surface area contributed by atoms with E-state index in [-0.39, 0.29) is 5.41 Å². The molecule has 0 fully saturated rings. The lowest BCUT2D eigenvalue weighted by Gasteiger charge is -2.23. The molecule has 52 heavy (non-hydrogen) atoms. The minimum absolute atomic E-state index is 0.0509. The van der Waals surface area contributed by atoms with Gasteiger partial charge in [-0.25, -0.2) is 0 Å². The highest BCUT2D eigenvalue weighted by molar-refractivity contribution is 7.26. The molecule has 10 aromatic rings. The van der Waals surface area contributed by atoms with Gasteiger partial charge in [0.25, 0.3) is 0 Å². The van der Waals surface area contributed by atoms with Gasteiger partial charge in [0.05, 0.1) is 0 Å². The van der Waals surface area contributed by atoms with E-state index < -0.39 is 0 Å². The highest BCUT2D eigenvalue weighted by Gasteiger charge is 2.37. The molecule has 1 heteroatoms. The number of thiophene rings is 1. The normalized spacial score (nSPS) is 13.3. The first-order chi connectivity index (χ1) is 25.6. The monoisotopic (exact) mass is 678 g/mol. The van der Waals surface area contributed by atoms with Crippen molar-refractivity contribution in [3.8, 4) is 44.5 Å². The van der Waals surface area contributed by atoms with Crippen molar-refractivity contribution in [2.45, 2.75) is 19.3 Å². The molecule has 244 valence electrons. The van der Waals surface area contributed by atoms with Crippen LogP contribution >= 0.6 is 11.3 Å². The Bertz CT molecular complexity index is 3030. The maximum Gasteiger partial charge on any atom is 0.0434 e. The number of hydrogen-bond acceptors (Lipinski definition) is 1. The second kappa shape index (κ2) is 11.0. The van der Waals surface area contributed by atoms with Crippen molar-refractivity contribution in [3.05, 3.63) is 181 Å². The van der Waals surface area contributed by atoms with Crippen LogP contribution in [0.4, 0.5) is 0 Å². The van der Waals surface area contributed by atoms with Gasteiger partial charge >= 0.3 is 0 Å². The smallest absolute Gasteiger partial charge is 0.0434 e. The Kier molecular flexibility index (Phi) is 6.27. The second-order valence-electron chi connectivity index (χ2n) is 14.8. The van der Waals surface area contributed by atoms with Crippen molar-refractivity contribution < 1.29 is 0 Å². The zero-order valence-electron chi connectivity index (χ0n) is 29.1. The van der Waals surface area contributed by atoms with E-state index in [1.54, 1.807) is 0 Å². The lowest BCUT2D eigenvalue weighted by atomic mass is 9.80. The fourth-order valence-corrected chi connectivity index (χ4v) is 10.5. The van der Waals surface area contributed by atoms with Crippen LogP contribution in [0.25, 0.3) is 97.0 Å². The van der Waals surface area contributed by atoms with Gasteiger partial charge in [0.15, 0.2) is 0 Å². The third-order valence-electron chi connectivity index (χ3n) is 11.6. The SMILES string of the molecule is CC1(C)c2ccc(-c3ccc(-c4c5ccccc5c(-c5cccc6c5sc5ccccc56)c5ccccc45)cc3)cc2-c2ccc3ccccc3c21. The average Bonchev–Trinajstić information content (AvgIpc) is 3.69. The molecular weight excluding hydrogens is 645 g/mol. The van der Waals surface area contributed by atoms with Crippen molar-refractivity contribution in [1.29, 1.82) is 0 Å². The van der Waals surface area contributed by atoms with Gasteiger partial charge in [0.2, 0.25) is 0 Å². The zero-order valence-corrected chi connectivity index (χ0v) is 29.9. The van der Waals surface area contributed by atoms with Crippen LogP contribution in [0.15, 0.2) is 170 Å². The largest absolute Gasteiger partial charge is 0.135 e. The summed E-state index contributed by atoms with van der Waals surface area (Å²) in [5.74, 6) is 0. The van der Waals surface area contributed by atoms with Crippen LogP contribution in [0.1, 0.15) is 25.0 Å². The third-order valence-corrected chi connectivity index (χ3v) is 12.9. The molecule has 1 aliphatic carbocycles. The summed E-state index contributed by atoms with van der Waals surface area (Å²) in [4.78, 5) is 0. The molecule has 0 spiro atoms. The van der Waals surface area contributed by atoms with E-state index in [1.807, 2.05) is 11.3 Å². The van der Waals surface area contributed by atoms with Crippen LogP contribution in [0.2, 0.25) is 0 Å². The Morgan fingerprint density at radius 3 is 1.69 bits per heavy atom. The molecule has 1 aromatic heterocycles. The van der Waals surface area contributed by atoms with Crippen molar-refractivity contribution >= 4 is 63.8 Å². The number of rotatable bonds is 3. The Balaban J connectivity index is 1.07. The van der Waals surface area contributed by atoms with Gasteiger partial charge in [-0.15, -0.1) is 11.3 Å². The Morgan fingerprint density at radius 2 is 0.962 bits per heavy atom. The third kappa shape index (κ3) is 4.15. The van der Waals surface area contributed by atoms with Crippen LogP contribution in [-0.2, 0) is 5.41 Å². The minimum Gasteiger partial charge on any atom is -0.135 e. The molecule has 0 nitrogen and oxygen atoms in total. The standard InChI is InChI=1S/C51H34S/c1-51(2)45-29-27-34(30-44(45)41-28-26-32-12-3-4-13-35(32)49(41)51)31-22-24-33(25-23-31)47-37-15-5-7-17-39(37)48(40-18-8-6-16-38(40)47)43-20-11-19-42-36-14-9-10-21-46(36)52-50(42)43/h3-30H,1-2H3. The molecule has 0 aliphatic heterocycles. The van der Waals surface area contributed by atoms with Gasteiger partial charge in [0.1, 0.15) is 0 Å². The molecule has 1 heterocycles. The molecular formula is C51H34S. The minimum atomic E-state index is -0.0509. The molecule has 0 amide bonds. The predicted octanol–water partition coefficient (Wildman–Crippen LogP) is 14.8. The van der Waals surface area contributed by atoms with E-state index in [0.717, 1.165) is 0 Å². The van der Waals surface area contributed by atoms with Crippen molar-refractivity contribution in [3.63, 3.8) is 0 Å². The fourth-order valence-electron chi connectivity index (χ4n) is 9.30. The van der Waals surface area contributed by atoms with Gasteiger partial charge in [-0.1, -0.05) is 172 Å². The molecule has 0 radical (unpaired) electrons. The molecule has 0 N–H and O–H groups in total. The number of fused-ring (bicyclic) bond motifs is 10. The first-order valence-corrected chi connectivity index (χ1v) is 19.0. The predicted molar refractivity (Wildman–Crippen MR) is 226 cm³/mol. The van der Waals surface area contributed by atoms with Gasteiger partial charge in [-0.2, -0.15) is 0 Å². The number of benzene rings is 9. The van der Waals surface area contributed by atoms with E-state index in [9.17, 15) is 0 Å². The molecule has 0 unspecified atom stereocenters. The Morgan fingerprint density at radius 1 is 0.385 bits per heavy atom. The summed E-state index contributed by atoms with van der Waals surface area (Å²) >= 11 is 1.90. The highest BCUT2D eigenvalue weighted by atomic mass is 32.1. The van der Waals surface area contributed by atoms with E-state index in [4.69, 9.17) is 0 Å². The lowest BCUT2D eigenvalue weighted by molar-refractivity contribution is 0.666. The summed E-state index contributed by atoms with van der Waals surface area (Å²) in [5.41, 5.74) is 13.2. The Hall–Kier alpha value is -6.02. The van der Waals surface area contributed by atoms with E-state index in [1.165, 1.54) is 108 Å². The first-order valence-electron chi connectivity index (χ1n) is 18.2. The summed E-state index contributed by atoms with van der Waals surface area (Å²) in [6, 6.07) is 63.4. The quantitative estimate of drug-likeness (QED) is 0.163. The summed E-state index contributed by atoms with van der Waals surface area (Å²) in [7, 11) is 0. The summed E-state index contributed by atoms with van der Waals surface area (Å²) < 4.78 is 2.68. The van der Waals surface area contributed by atoms with Crippen LogP contribution < -0.4 is 0 Å². The molecule has 0 bridgehead atoms. The Labute approximate surface area is 307 Å². The first kappa shape index (κ1) is 29.7. The van der Waals surface area contributed by atoms with E-state index >= 15 is 0 Å². The highest BCUT2D eigenvalue weighted by Crippen LogP contribution is 2.52. The molecule has 0 saturated heterocycles. The van der Waals surface area contributed by atoms with Crippen LogP contribution in [0.3, 0.4) is 0 Å². The maximum atomic E-state index is 2.42. The average molecular weight is 679 g/mol. The van der Waals surface area contributed by atoms with E-state index in [0.29, 0.717) is 0 Å². The summed E-state index contributed by atoms with van der Waals surface area (Å²) in [6.07, 6.45) is 0. The van der Waals surface area contributed by atoms with Gasteiger partial charge < -0.3 is 0 Å². The molecule has 0 saturated carbocycles. The van der Waals surface area contributed by atoms with Crippen LogP contribution in [-0.4, -0.2) is 0 Å². The van der Waals surface area contributed by atoms with Crippen LogP contribution in [0, 0.1) is 0 Å². The van der Waals surface area contributed by atoms with Gasteiger partial charge in [0, 0.05) is 31.2 Å². The fraction of sp³-hybridized carbons (Fsp3) is 0.0588. The van der Waals surface area contributed by atoms with Gasteiger partial charge in [-0.3, -0.25) is 0 Å². The molecule has 1 aliphatic rings. The van der Waals surface area contributed by atoms with Gasteiger partial charge in [-0.05, 0) is 94.5 Å². The van der Waals surface area contributed by atoms with Crippen molar-refractivity contribution in [2.75, 3.05) is 0 Å². The van der Waals surface area contributed by atoms with Crippen molar-refractivity contribution in [1.82, 2.24) is 0 Å². The maximum absolute atomic E-state index is 2.42. The number of hydrogen-bond donors (Lipinski definition) is 0. The van der Waals surface area contributed by atoms with Crippen molar-refractivity contribution in [2.24, 2.45) is 0 Å². The van der Waals surface area contributed by atoms with Crippen LogP contribution in [0.5, 0.6) is 0 Å².